The Morgan fingerprint density at radius 3 is 2.69 bits per heavy atom. The molecule has 140 valence electrons. The fourth-order valence-corrected chi connectivity index (χ4v) is 4.55. The second-order valence-corrected chi connectivity index (χ2v) is 9.29. The predicted molar refractivity (Wildman–Crippen MR) is 96.0 cm³/mol. The van der Waals surface area contributed by atoms with Crippen LogP contribution in [-0.2, 0) is 10.0 Å². The molecule has 1 amide bonds. The van der Waals surface area contributed by atoms with E-state index in [-0.39, 0.29) is 30.4 Å². The number of likely N-dealkylation sites (tertiary alicyclic amines) is 1. The molecule has 0 spiro atoms. The highest BCUT2D eigenvalue weighted by molar-refractivity contribution is 7.89. The van der Waals surface area contributed by atoms with E-state index < -0.39 is 22.0 Å². The molecule has 1 fully saturated rings. The predicted octanol–water partition coefficient (Wildman–Crippen LogP) is -0.0756. The summed E-state index contributed by atoms with van der Waals surface area (Å²) in [7, 11) is -0.562. The van der Waals surface area contributed by atoms with Gasteiger partial charge in [0.1, 0.15) is 5.69 Å². The molecular weight excluding hydrogens is 378 g/mol. The van der Waals surface area contributed by atoms with Gasteiger partial charge >= 0.3 is 0 Å². The molecule has 11 heteroatoms. The number of aliphatic hydroxyl groups is 1. The normalized spacial score (nSPS) is 20.7. The first-order valence-corrected chi connectivity index (χ1v) is 10.4. The van der Waals surface area contributed by atoms with Crippen molar-refractivity contribution < 1.29 is 18.3 Å². The third-order valence-corrected chi connectivity index (χ3v) is 6.96. The highest BCUT2D eigenvalue weighted by Gasteiger charge is 2.38. The summed E-state index contributed by atoms with van der Waals surface area (Å²) in [5.74, 6) is -0.632. The molecule has 9 nitrogen and oxygen atoms in total. The molecule has 3 heterocycles. The minimum atomic E-state index is -3.45. The first-order chi connectivity index (χ1) is 12.3. The number of carbonyl (C=O) groups is 1. The van der Waals surface area contributed by atoms with E-state index in [2.05, 4.69) is 15.0 Å². The van der Waals surface area contributed by atoms with Crippen LogP contribution >= 0.6 is 11.3 Å². The highest BCUT2D eigenvalue weighted by Crippen LogP contribution is 2.24. The van der Waals surface area contributed by atoms with E-state index in [0.717, 1.165) is 4.31 Å². The molecule has 0 saturated carbocycles. The lowest BCUT2D eigenvalue weighted by atomic mass is 10.1. The Labute approximate surface area is 155 Å². The zero-order chi connectivity index (χ0) is 18.9. The van der Waals surface area contributed by atoms with E-state index in [1.165, 1.54) is 30.3 Å². The summed E-state index contributed by atoms with van der Waals surface area (Å²) in [5, 5.41) is 12.3. The van der Waals surface area contributed by atoms with Crippen LogP contribution in [0.1, 0.15) is 10.5 Å². The topological polar surface area (TPSA) is 117 Å². The van der Waals surface area contributed by atoms with Crippen molar-refractivity contribution in [2.24, 2.45) is 5.92 Å². The SMILES string of the molecule is CN(C)S(=O)(=O)C[C@@H]1CN(C(=O)c2csc(-c3ncccn3)n2)C[C@@H]1O. The van der Waals surface area contributed by atoms with E-state index in [1.807, 2.05) is 0 Å². The Balaban J connectivity index is 1.71. The van der Waals surface area contributed by atoms with Crippen molar-refractivity contribution in [1.82, 2.24) is 24.2 Å². The lowest BCUT2D eigenvalue weighted by Gasteiger charge is -2.17. The molecule has 0 bridgehead atoms. The van der Waals surface area contributed by atoms with Crippen molar-refractivity contribution >= 4 is 27.3 Å². The summed E-state index contributed by atoms with van der Waals surface area (Å²) in [6.45, 7) is 0.253. The second kappa shape index (κ2) is 7.35. The maximum atomic E-state index is 12.6. The molecule has 3 rings (SSSR count). The van der Waals surface area contributed by atoms with Gasteiger partial charge in [-0.15, -0.1) is 11.3 Å². The number of amides is 1. The minimum absolute atomic E-state index is 0.0845. The zero-order valence-electron chi connectivity index (χ0n) is 14.3. The fourth-order valence-electron chi connectivity index (χ4n) is 2.65. The molecule has 0 radical (unpaired) electrons. The van der Waals surface area contributed by atoms with Gasteiger partial charge in [0, 0.05) is 50.9 Å². The Morgan fingerprint density at radius 1 is 1.35 bits per heavy atom. The number of hydrogen-bond donors (Lipinski definition) is 1. The summed E-state index contributed by atoms with van der Waals surface area (Å²) in [5.41, 5.74) is 0.237. The fraction of sp³-hybridized carbons (Fsp3) is 0.467. The van der Waals surface area contributed by atoms with Crippen LogP contribution in [0.15, 0.2) is 23.8 Å². The van der Waals surface area contributed by atoms with E-state index in [1.54, 1.807) is 23.8 Å². The molecule has 2 aromatic heterocycles. The maximum Gasteiger partial charge on any atom is 0.273 e. The van der Waals surface area contributed by atoms with Crippen molar-refractivity contribution in [2.45, 2.75) is 6.10 Å². The number of sulfonamides is 1. The van der Waals surface area contributed by atoms with Crippen molar-refractivity contribution in [3.05, 3.63) is 29.5 Å². The minimum Gasteiger partial charge on any atom is -0.391 e. The Hall–Kier alpha value is -1.95. The third-order valence-electron chi connectivity index (χ3n) is 4.16. The largest absolute Gasteiger partial charge is 0.391 e. The average Bonchev–Trinajstić information content (AvgIpc) is 3.22. The molecule has 1 aliphatic rings. The van der Waals surface area contributed by atoms with Crippen molar-refractivity contribution in [3.63, 3.8) is 0 Å². The van der Waals surface area contributed by atoms with Gasteiger partial charge in [0.25, 0.3) is 5.91 Å². The number of thiazole rings is 1. The summed E-state index contributed by atoms with van der Waals surface area (Å²) in [4.78, 5) is 26.5. The van der Waals surface area contributed by atoms with Gasteiger partial charge in [-0.3, -0.25) is 4.79 Å². The summed E-state index contributed by atoms with van der Waals surface area (Å²) >= 11 is 1.26. The molecule has 1 aliphatic heterocycles. The molecule has 0 aromatic carbocycles. The number of aromatic nitrogens is 3. The van der Waals surface area contributed by atoms with Crippen LogP contribution in [0.3, 0.4) is 0 Å². The number of hydrogen-bond acceptors (Lipinski definition) is 8. The first kappa shape index (κ1) is 18.8. The van der Waals surface area contributed by atoms with Crippen LogP contribution in [-0.4, -0.2) is 82.6 Å². The molecule has 0 unspecified atom stereocenters. The van der Waals surface area contributed by atoms with Crippen molar-refractivity contribution in [3.8, 4) is 10.8 Å². The van der Waals surface area contributed by atoms with Crippen LogP contribution in [0.2, 0.25) is 0 Å². The number of carbonyl (C=O) groups excluding carboxylic acids is 1. The van der Waals surface area contributed by atoms with Gasteiger partial charge in [-0.05, 0) is 6.07 Å². The lowest BCUT2D eigenvalue weighted by Crippen LogP contribution is -2.33. The average molecular weight is 397 g/mol. The molecule has 0 aliphatic carbocycles. The monoisotopic (exact) mass is 397 g/mol. The van der Waals surface area contributed by atoms with Crippen LogP contribution in [0.25, 0.3) is 10.8 Å². The summed E-state index contributed by atoms with van der Waals surface area (Å²) < 4.78 is 25.2. The highest BCUT2D eigenvalue weighted by atomic mass is 32.2. The van der Waals surface area contributed by atoms with Crippen LogP contribution in [0, 0.1) is 5.92 Å². The van der Waals surface area contributed by atoms with Gasteiger partial charge < -0.3 is 10.0 Å². The molecule has 1 saturated heterocycles. The first-order valence-electron chi connectivity index (χ1n) is 7.88. The van der Waals surface area contributed by atoms with Crippen LogP contribution in [0.4, 0.5) is 0 Å². The number of aliphatic hydroxyl groups excluding tert-OH is 1. The molecule has 26 heavy (non-hydrogen) atoms. The van der Waals surface area contributed by atoms with Crippen LogP contribution in [0.5, 0.6) is 0 Å². The quantitative estimate of drug-likeness (QED) is 0.750. The summed E-state index contributed by atoms with van der Waals surface area (Å²) in [6.07, 6.45) is 2.31. The van der Waals surface area contributed by atoms with Gasteiger partial charge in [-0.2, -0.15) is 0 Å². The smallest absolute Gasteiger partial charge is 0.273 e. The molecular formula is C15H19N5O4S2. The lowest BCUT2D eigenvalue weighted by molar-refractivity contribution is 0.0760. The second-order valence-electron chi connectivity index (χ2n) is 6.21. The number of rotatable bonds is 5. The van der Waals surface area contributed by atoms with E-state index in [4.69, 9.17) is 0 Å². The van der Waals surface area contributed by atoms with Gasteiger partial charge in [0.05, 0.1) is 11.9 Å². The number of nitrogens with zero attached hydrogens (tertiary/aromatic N) is 5. The Bertz CT molecular complexity index is 884. The van der Waals surface area contributed by atoms with Crippen LogP contribution < -0.4 is 0 Å². The zero-order valence-corrected chi connectivity index (χ0v) is 15.9. The van der Waals surface area contributed by atoms with Gasteiger partial charge in [-0.1, -0.05) is 0 Å². The third kappa shape index (κ3) is 3.90. The van der Waals surface area contributed by atoms with Crippen molar-refractivity contribution in [1.29, 1.82) is 0 Å². The Morgan fingerprint density at radius 2 is 2.04 bits per heavy atom. The maximum absolute atomic E-state index is 12.6. The van der Waals surface area contributed by atoms with E-state index in [9.17, 15) is 18.3 Å². The standard InChI is InChI=1S/C15H19N5O4S2/c1-19(2)26(23,24)9-10-6-20(7-12(10)21)15(22)11-8-25-14(18-11)13-16-4-3-5-17-13/h3-5,8,10,12,21H,6-7,9H2,1-2H3/t10-,12-/m0/s1. The molecule has 2 atom stereocenters. The molecule has 2 aromatic rings. The van der Waals surface area contributed by atoms with Gasteiger partial charge in [0.15, 0.2) is 10.8 Å². The Kier molecular flexibility index (Phi) is 5.32. The van der Waals surface area contributed by atoms with E-state index in [0.29, 0.717) is 10.8 Å². The molecule has 1 N–H and O–H groups in total. The summed E-state index contributed by atoms with van der Waals surface area (Å²) in [6, 6.07) is 1.69. The van der Waals surface area contributed by atoms with Gasteiger partial charge in [0.2, 0.25) is 10.0 Å². The van der Waals surface area contributed by atoms with Crippen molar-refractivity contribution in [2.75, 3.05) is 32.9 Å². The van der Waals surface area contributed by atoms with E-state index >= 15 is 0 Å². The van der Waals surface area contributed by atoms with Gasteiger partial charge in [-0.25, -0.2) is 27.7 Å². The number of β-amino-alcohol motifs (C(OH)–C–C–N with tert-alkyl or cyclic N) is 1.